The van der Waals surface area contributed by atoms with Gasteiger partial charge in [-0.15, -0.1) is 0 Å². The Morgan fingerprint density at radius 3 is 2.11 bits per heavy atom. The molecule has 0 aromatic heterocycles. The second-order valence-corrected chi connectivity index (χ2v) is 9.18. The summed E-state index contributed by atoms with van der Waals surface area (Å²) in [6, 6.07) is 11.3. The third-order valence-corrected chi connectivity index (χ3v) is 6.00. The van der Waals surface area contributed by atoms with Crippen LogP contribution in [0.2, 0.25) is 5.02 Å². The van der Waals surface area contributed by atoms with Crippen molar-refractivity contribution in [2.45, 2.75) is 63.2 Å². The van der Waals surface area contributed by atoms with Crippen molar-refractivity contribution in [2.75, 3.05) is 0 Å². The number of hydrogen-bond donors (Lipinski definition) is 0. The topological polar surface area (TPSA) is 21.8 Å². The normalized spacial score (nSPS) is 27.9. The molecule has 0 N–H and O–H groups in total. The summed E-state index contributed by atoms with van der Waals surface area (Å²) in [5.74, 6) is 0. The lowest BCUT2D eigenvalue weighted by Crippen LogP contribution is -2.36. The van der Waals surface area contributed by atoms with Crippen LogP contribution in [0.25, 0.3) is 11.1 Å². The lowest BCUT2D eigenvalue weighted by molar-refractivity contribution is -0.138. The maximum absolute atomic E-state index is 13.7. The number of ether oxygens (including phenoxy) is 2. The van der Waals surface area contributed by atoms with E-state index in [2.05, 4.69) is 0 Å². The molecule has 2 nitrogen and oxygen atoms in total. The Balaban J connectivity index is 1.80. The van der Waals surface area contributed by atoms with E-state index < -0.39 is 34.6 Å². The molecule has 0 radical (unpaired) electrons. The van der Waals surface area contributed by atoms with Crippen LogP contribution in [-0.2, 0) is 15.7 Å². The summed E-state index contributed by atoms with van der Waals surface area (Å²) in [6.45, 7) is 7.66. The standard InChI is InChI=1S/C22H22ClF3O2/c1-19(2)12-21(20(3,4)28-19)18(27-21)16-11-14(7-10-17(16)22(24,25)26)13-5-8-15(23)9-6-13/h5-11,18H,12H2,1-4H3. The van der Waals surface area contributed by atoms with E-state index in [9.17, 15) is 13.2 Å². The van der Waals surface area contributed by atoms with E-state index in [0.717, 1.165) is 11.6 Å². The minimum absolute atomic E-state index is 0.161. The molecule has 2 unspecified atom stereocenters. The molecule has 2 aliphatic heterocycles. The number of rotatable bonds is 2. The largest absolute Gasteiger partial charge is 0.416 e. The van der Waals surface area contributed by atoms with Crippen LogP contribution in [0.3, 0.4) is 0 Å². The van der Waals surface area contributed by atoms with Gasteiger partial charge in [-0.05, 0) is 68.7 Å². The van der Waals surface area contributed by atoms with E-state index in [1.807, 2.05) is 27.7 Å². The zero-order chi connectivity index (χ0) is 20.5. The number of benzene rings is 2. The first-order valence-corrected chi connectivity index (χ1v) is 9.58. The summed E-state index contributed by atoms with van der Waals surface area (Å²) in [4.78, 5) is 0. The molecule has 2 atom stereocenters. The van der Waals surface area contributed by atoms with Crippen LogP contribution in [0.4, 0.5) is 13.2 Å². The van der Waals surface area contributed by atoms with Crippen molar-refractivity contribution in [3.05, 3.63) is 58.6 Å². The molecule has 2 aromatic rings. The Bertz CT molecular complexity index is 918. The van der Waals surface area contributed by atoms with Gasteiger partial charge in [-0.1, -0.05) is 29.8 Å². The molecule has 0 aliphatic carbocycles. The molecule has 2 heterocycles. The highest BCUT2D eigenvalue weighted by atomic mass is 35.5. The van der Waals surface area contributed by atoms with Crippen LogP contribution in [0.5, 0.6) is 0 Å². The van der Waals surface area contributed by atoms with Crippen LogP contribution in [-0.4, -0.2) is 16.8 Å². The number of halogens is 4. The Kier molecular flexibility index (Phi) is 4.21. The molecule has 2 aromatic carbocycles. The summed E-state index contributed by atoms with van der Waals surface area (Å²) in [7, 11) is 0. The highest BCUT2D eigenvalue weighted by Gasteiger charge is 2.73. The molecule has 2 saturated heterocycles. The zero-order valence-electron chi connectivity index (χ0n) is 16.2. The Labute approximate surface area is 167 Å². The zero-order valence-corrected chi connectivity index (χ0v) is 16.9. The Hall–Kier alpha value is -1.56. The minimum Gasteiger partial charge on any atom is -0.366 e. The minimum atomic E-state index is -4.46. The predicted octanol–water partition coefficient (Wildman–Crippen LogP) is 6.81. The van der Waals surface area contributed by atoms with Gasteiger partial charge in [0.15, 0.2) is 0 Å². The maximum atomic E-state index is 13.7. The van der Waals surface area contributed by atoms with Gasteiger partial charge >= 0.3 is 6.18 Å². The fourth-order valence-electron chi connectivity index (χ4n) is 4.60. The van der Waals surface area contributed by atoms with Gasteiger partial charge in [0.25, 0.3) is 0 Å². The first-order chi connectivity index (χ1) is 12.8. The van der Waals surface area contributed by atoms with Crippen LogP contribution in [0.1, 0.15) is 51.3 Å². The van der Waals surface area contributed by atoms with Crippen molar-refractivity contribution in [1.29, 1.82) is 0 Å². The van der Waals surface area contributed by atoms with Crippen molar-refractivity contribution < 1.29 is 22.6 Å². The van der Waals surface area contributed by atoms with Gasteiger partial charge in [0.1, 0.15) is 11.7 Å². The fraction of sp³-hybridized carbons (Fsp3) is 0.455. The number of alkyl halides is 3. The first-order valence-electron chi connectivity index (χ1n) is 9.20. The third-order valence-electron chi connectivity index (χ3n) is 5.75. The van der Waals surface area contributed by atoms with Crippen molar-refractivity contribution in [1.82, 2.24) is 0 Å². The van der Waals surface area contributed by atoms with Gasteiger partial charge in [-0.3, -0.25) is 0 Å². The molecule has 6 heteroatoms. The van der Waals surface area contributed by atoms with E-state index in [1.165, 1.54) is 6.07 Å². The maximum Gasteiger partial charge on any atom is 0.416 e. The van der Waals surface area contributed by atoms with E-state index >= 15 is 0 Å². The van der Waals surface area contributed by atoms with Crippen LogP contribution >= 0.6 is 11.6 Å². The van der Waals surface area contributed by atoms with Crippen LogP contribution in [0, 0.1) is 0 Å². The molecule has 2 fully saturated rings. The summed E-state index contributed by atoms with van der Waals surface area (Å²) >= 11 is 5.93. The van der Waals surface area contributed by atoms with Gasteiger partial charge in [0, 0.05) is 11.4 Å². The van der Waals surface area contributed by atoms with Crippen molar-refractivity contribution >= 4 is 11.6 Å². The first kappa shape index (κ1) is 19.7. The summed E-state index contributed by atoms with van der Waals surface area (Å²) in [5.41, 5.74) is -0.889. The Morgan fingerprint density at radius 1 is 0.964 bits per heavy atom. The van der Waals surface area contributed by atoms with E-state index in [1.54, 1.807) is 30.3 Å². The monoisotopic (exact) mass is 410 g/mol. The lowest BCUT2D eigenvalue weighted by atomic mass is 9.80. The number of hydrogen-bond acceptors (Lipinski definition) is 2. The molecule has 1 spiro atoms. The summed E-state index contributed by atoms with van der Waals surface area (Å²) in [6.07, 6.45) is -4.58. The number of epoxide rings is 1. The molecule has 0 saturated carbocycles. The smallest absolute Gasteiger partial charge is 0.366 e. The Morgan fingerprint density at radius 2 is 1.57 bits per heavy atom. The molecule has 4 rings (SSSR count). The highest BCUT2D eigenvalue weighted by molar-refractivity contribution is 6.30. The van der Waals surface area contributed by atoms with Gasteiger partial charge < -0.3 is 9.47 Å². The molecular weight excluding hydrogens is 389 g/mol. The van der Waals surface area contributed by atoms with Crippen LogP contribution in [0.15, 0.2) is 42.5 Å². The van der Waals surface area contributed by atoms with Crippen LogP contribution < -0.4 is 0 Å². The van der Waals surface area contributed by atoms with Gasteiger partial charge in [-0.2, -0.15) is 13.2 Å². The molecule has 28 heavy (non-hydrogen) atoms. The van der Waals surface area contributed by atoms with Gasteiger partial charge in [0.2, 0.25) is 0 Å². The molecular formula is C22H22ClF3O2. The van der Waals surface area contributed by atoms with Crippen molar-refractivity contribution in [3.63, 3.8) is 0 Å². The fourth-order valence-corrected chi connectivity index (χ4v) is 4.73. The molecule has 2 aliphatic rings. The molecule has 150 valence electrons. The predicted molar refractivity (Wildman–Crippen MR) is 102 cm³/mol. The van der Waals surface area contributed by atoms with Gasteiger partial charge in [-0.25, -0.2) is 0 Å². The third kappa shape index (κ3) is 3.14. The SMILES string of the molecule is CC1(C)CC2(OC2c2cc(-c3ccc(Cl)cc3)ccc2C(F)(F)F)C(C)(C)O1. The van der Waals surface area contributed by atoms with Crippen molar-refractivity contribution in [2.24, 2.45) is 0 Å². The van der Waals surface area contributed by atoms with E-state index in [0.29, 0.717) is 17.0 Å². The average Bonchev–Trinajstić information content (AvgIpc) is 3.23. The lowest BCUT2D eigenvalue weighted by Gasteiger charge is -2.26. The highest BCUT2D eigenvalue weighted by Crippen LogP contribution is 2.66. The van der Waals surface area contributed by atoms with E-state index in [4.69, 9.17) is 21.1 Å². The molecule has 0 amide bonds. The average molecular weight is 411 g/mol. The van der Waals surface area contributed by atoms with Crippen molar-refractivity contribution in [3.8, 4) is 11.1 Å². The second-order valence-electron chi connectivity index (χ2n) is 8.74. The summed E-state index contributed by atoms with van der Waals surface area (Å²) < 4.78 is 53.3. The second kappa shape index (κ2) is 5.97. The van der Waals surface area contributed by atoms with E-state index in [-0.39, 0.29) is 5.56 Å². The van der Waals surface area contributed by atoms with Gasteiger partial charge in [0.05, 0.1) is 16.8 Å². The summed E-state index contributed by atoms with van der Waals surface area (Å²) in [5, 5.41) is 0.576. The molecule has 0 bridgehead atoms. The quantitative estimate of drug-likeness (QED) is 0.507.